The van der Waals surface area contributed by atoms with Crippen LogP contribution in [-0.4, -0.2) is 51.2 Å². The molecular weight excluding hydrogens is 232 g/mol. The summed E-state index contributed by atoms with van der Waals surface area (Å²) in [5.74, 6) is -0.00352. The molecule has 0 spiro atoms. The number of ether oxygens (including phenoxy) is 1. The van der Waals surface area contributed by atoms with Crippen molar-refractivity contribution in [3.63, 3.8) is 0 Å². The van der Waals surface area contributed by atoms with E-state index in [-0.39, 0.29) is 11.9 Å². The number of morpholine rings is 1. The third kappa shape index (κ3) is 1.74. The first-order valence-corrected chi connectivity index (χ1v) is 5.95. The monoisotopic (exact) mass is 246 g/mol. The van der Waals surface area contributed by atoms with Crippen LogP contribution in [0.1, 0.15) is 17.4 Å². The van der Waals surface area contributed by atoms with E-state index in [0.29, 0.717) is 31.1 Å². The van der Waals surface area contributed by atoms with Gasteiger partial charge >= 0.3 is 0 Å². The number of fused-ring (bicyclic) bond motifs is 1. The summed E-state index contributed by atoms with van der Waals surface area (Å²) in [6.45, 7) is 3.79. The van der Waals surface area contributed by atoms with Gasteiger partial charge in [0.2, 0.25) is 0 Å². The summed E-state index contributed by atoms with van der Waals surface area (Å²) in [5.41, 5.74) is 1.27. The highest BCUT2D eigenvalue weighted by Gasteiger charge is 2.26. The van der Waals surface area contributed by atoms with E-state index in [1.807, 2.05) is 24.0 Å². The van der Waals surface area contributed by atoms with Gasteiger partial charge in [-0.3, -0.25) is 9.20 Å². The van der Waals surface area contributed by atoms with Gasteiger partial charge in [-0.15, -0.1) is 10.2 Å². The summed E-state index contributed by atoms with van der Waals surface area (Å²) >= 11 is 0. The van der Waals surface area contributed by atoms with Crippen molar-refractivity contribution in [3.05, 3.63) is 30.2 Å². The maximum atomic E-state index is 12.5. The summed E-state index contributed by atoms with van der Waals surface area (Å²) < 4.78 is 7.06. The SMILES string of the molecule is CC1COCCN1C(=O)c1cccc2nncn12. The van der Waals surface area contributed by atoms with Crippen LogP contribution in [0.4, 0.5) is 0 Å². The maximum absolute atomic E-state index is 12.5. The van der Waals surface area contributed by atoms with E-state index in [9.17, 15) is 4.79 Å². The molecule has 0 aromatic carbocycles. The molecular formula is C12H14N4O2. The number of nitrogens with zero attached hydrogens (tertiary/aromatic N) is 4. The fraction of sp³-hybridized carbons (Fsp3) is 0.417. The van der Waals surface area contributed by atoms with E-state index in [2.05, 4.69) is 10.2 Å². The first kappa shape index (κ1) is 11.2. The average molecular weight is 246 g/mol. The predicted molar refractivity (Wildman–Crippen MR) is 64.3 cm³/mol. The second kappa shape index (κ2) is 4.38. The van der Waals surface area contributed by atoms with Crippen LogP contribution in [0.15, 0.2) is 24.5 Å². The zero-order valence-electron chi connectivity index (χ0n) is 10.1. The van der Waals surface area contributed by atoms with Gasteiger partial charge < -0.3 is 9.64 Å². The summed E-state index contributed by atoms with van der Waals surface area (Å²) in [4.78, 5) is 14.3. The molecule has 2 aromatic heterocycles. The lowest BCUT2D eigenvalue weighted by Crippen LogP contribution is -2.47. The van der Waals surface area contributed by atoms with Gasteiger partial charge in [0.25, 0.3) is 5.91 Å². The topological polar surface area (TPSA) is 59.7 Å². The fourth-order valence-corrected chi connectivity index (χ4v) is 2.20. The summed E-state index contributed by atoms with van der Waals surface area (Å²) in [5, 5.41) is 7.77. The molecule has 1 atom stereocenters. The lowest BCUT2D eigenvalue weighted by molar-refractivity contribution is 0.00319. The molecule has 0 aliphatic carbocycles. The molecule has 1 unspecified atom stereocenters. The summed E-state index contributed by atoms with van der Waals surface area (Å²) in [7, 11) is 0. The van der Waals surface area contributed by atoms with Crippen LogP contribution in [0.3, 0.4) is 0 Å². The Morgan fingerprint density at radius 3 is 3.22 bits per heavy atom. The van der Waals surface area contributed by atoms with Crippen LogP contribution in [0.2, 0.25) is 0 Å². The van der Waals surface area contributed by atoms with Crippen molar-refractivity contribution in [2.45, 2.75) is 13.0 Å². The maximum Gasteiger partial charge on any atom is 0.271 e. The van der Waals surface area contributed by atoms with E-state index in [1.54, 1.807) is 16.8 Å². The van der Waals surface area contributed by atoms with E-state index >= 15 is 0 Å². The molecule has 18 heavy (non-hydrogen) atoms. The van der Waals surface area contributed by atoms with Gasteiger partial charge in [-0.1, -0.05) is 6.07 Å². The van der Waals surface area contributed by atoms with Crippen LogP contribution in [0.5, 0.6) is 0 Å². The quantitative estimate of drug-likeness (QED) is 0.739. The van der Waals surface area contributed by atoms with Crippen molar-refractivity contribution in [2.75, 3.05) is 19.8 Å². The number of amides is 1. The highest BCUT2D eigenvalue weighted by Crippen LogP contribution is 2.13. The fourth-order valence-electron chi connectivity index (χ4n) is 2.20. The summed E-state index contributed by atoms with van der Waals surface area (Å²) in [6.07, 6.45) is 1.56. The number of carbonyl (C=O) groups excluding carboxylic acids is 1. The van der Waals surface area contributed by atoms with Crippen LogP contribution < -0.4 is 0 Å². The molecule has 6 nitrogen and oxygen atoms in total. The molecule has 0 radical (unpaired) electrons. The van der Waals surface area contributed by atoms with Crippen molar-refractivity contribution >= 4 is 11.6 Å². The van der Waals surface area contributed by atoms with Gasteiger partial charge in [-0.25, -0.2) is 0 Å². The summed E-state index contributed by atoms with van der Waals surface area (Å²) in [6, 6.07) is 5.54. The zero-order chi connectivity index (χ0) is 12.5. The Bertz CT molecular complexity index is 580. The van der Waals surface area contributed by atoms with Gasteiger partial charge in [0.15, 0.2) is 5.65 Å². The number of hydrogen-bond donors (Lipinski definition) is 0. The van der Waals surface area contributed by atoms with E-state index < -0.39 is 0 Å². The Morgan fingerprint density at radius 1 is 1.50 bits per heavy atom. The van der Waals surface area contributed by atoms with Crippen LogP contribution >= 0.6 is 0 Å². The molecule has 1 aliphatic heterocycles. The molecule has 1 saturated heterocycles. The van der Waals surface area contributed by atoms with Gasteiger partial charge in [0.05, 0.1) is 19.3 Å². The molecule has 3 heterocycles. The third-order valence-electron chi connectivity index (χ3n) is 3.18. The molecule has 94 valence electrons. The van der Waals surface area contributed by atoms with Gasteiger partial charge in [-0.05, 0) is 19.1 Å². The standard InChI is InChI=1S/C12H14N4O2/c1-9-7-18-6-5-15(9)12(17)10-3-2-4-11-14-13-8-16(10)11/h2-4,8-9H,5-7H2,1H3. The molecule has 0 bridgehead atoms. The van der Waals surface area contributed by atoms with Crippen LogP contribution in [0, 0.1) is 0 Å². The Balaban J connectivity index is 1.98. The number of aromatic nitrogens is 3. The Labute approximate surface area is 104 Å². The molecule has 0 saturated carbocycles. The average Bonchev–Trinajstić information content (AvgIpc) is 2.86. The lowest BCUT2D eigenvalue weighted by Gasteiger charge is -2.33. The molecule has 2 aromatic rings. The molecule has 3 rings (SSSR count). The van der Waals surface area contributed by atoms with Crippen molar-refractivity contribution < 1.29 is 9.53 Å². The second-order valence-electron chi connectivity index (χ2n) is 4.39. The highest BCUT2D eigenvalue weighted by atomic mass is 16.5. The van der Waals surface area contributed by atoms with E-state index in [0.717, 1.165) is 0 Å². The van der Waals surface area contributed by atoms with Gasteiger partial charge in [-0.2, -0.15) is 0 Å². The van der Waals surface area contributed by atoms with E-state index in [1.165, 1.54) is 0 Å². The van der Waals surface area contributed by atoms with Crippen LogP contribution in [0.25, 0.3) is 5.65 Å². The first-order valence-electron chi connectivity index (χ1n) is 5.95. The number of pyridine rings is 1. The van der Waals surface area contributed by atoms with Crippen molar-refractivity contribution in [3.8, 4) is 0 Å². The normalized spacial score (nSPS) is 20.3. The minimum absolute atomic E-state index is 0.00352. The van der Waals surface area contributed by atoms with Crippen molar-refractivity contribution in [1.82, 2.24) is 19.5 Å². The molecule has 0 N–H and O–H groups in total. The number of hydrogen-bond acceptors (Lipinski definition) is 4. The Hall–Kier alpha value is -1.95. The minimum Gasteiger partial charge on any atom is -0.377 e. The highest BCUT2D eigenvalue weighted by molar-refractivity contribution is 5.93. The lowest BCUT2D eigenvalue weighted by atomic mass is 10.2. The largest absolute Gasteiger partial charge is 0.377 e. The van der Waals surface area contributed by atoms with Crippen molar-refractivity contribution in [1.29, 1.82) is 0 Å². The predicted octanol–water partition coefficient (Wildman–Crippen LogP) is 0.590. The molecule has 6 heteroatoms. The molecule has 1 fully saturated rings. The van der Waals surface area contributed by atoms with Gasteiger partial charge in [0.1, 0.15) is 12.0 Å². The second-order valence-corrected chi connectivity index (χ2v) is 4.39. The Morgan fingerprint density at radius 2 is 2.39 bits per heavy atom. The molecule has 1 aliphatic rings. The Kier molecular flexibility index (Phi) is 2.71. The number of rotatable bonds is 1. The minimum atomic E-state index is -0.00352. The smallest absolute Gasteiger partial charge is 0.271 e. The third-order valence-corrected chi connectivity index (χ3v) is 3.18. The number of carbonyl (C=O) groups is 1. The first-order chi connectivity index (χ1) is 8.77. The van der Waals surface area contributed by atoms with Gasteiger partial charge in [0, 0.05) is 6.54 Å². The van der Waals surface area contributed by atoms with Crippen molar-refractivity contribution in [2.24, 2.45) is 0 Å². The van der Waals surface area contributed by atoms with E-state index in [4.69, 9.17) is 4.74 Å². The zero-order valence-corrected chi connectivity index (χ0v) is 10.1. The van der Waals surface area contributed by atoms with Crippen LogP contribution in [-0.2, 0) is 4.74 Å². The molecule has 1 amide bonds.